The summed E-state index contributed by atoms with van der Waals surface area (Å²) in [6, 6.07) is 16.3. The molecule has 0 aromatic heterocycles. The maximum absolute atomic E-state index is 11.8. The van der Waals surface area contributed by atoms with Crippen LogP contribution < -0.4 is 11.5 Å². The van der Waals surface area contributed by atoms with Crippen molar-refractivity contribution in [3.8, 4) is 0 Å². The number of carboxylic acid groups (broad SMARTS) is 1. The van der Waals surface area contributed by atoms with Crippen LogP contribution in [0.25, 0.3) is 0 Å². The van der Waals surface area contributed by atoms with Gasteiger partial charge in [0.2, 0.25) is 0 Å². The van der Waals surface area contributed by atoms with Crippen LogP contribution in [0, 0.1) is 0 Å². The first-order chi connectivity index (χ1) is 9.58. The van der Waals surface area contributed by atoms with Crippen molar-refractivity contribution in [3.63, 3.8) is 0 Å². The number of hydrogen-bond acceptors (Lipinski definition) is 3. The molecule has 0 aliphatic carbocycles. The molecule has 4 nitrogen and oxygen atoms in total. The lowest BCUT2D eigenvalue weighted by Crippen LogP contribution is -2.44. The first-order valence-electron chi connectivity index (χ1n) is 6.42. The highest BCUT2D eigenvalue weighted by Crippen LogP contribution is 2.28. The Morgan fingerprint density at radius 1 is 1.05 bits per heavy atom. The molecule has 5 N–H and O–H groups in total. The first kappa shape index (κ1) is 14.1. The minimum atomic E-state index is -1.11. The molecule has 1 atom stereocenters. The van der Waals surface area contributed by atoms with E-state index < -0.39 is 11.4 Å². The van der Waals surface area contributed by atoms with Crippen LogP contribution in [0.1, 0.15) is 11.1 Å². The van der Waals surface area contributed by atoms with Crippen LogP contribution in [0.2, 0.25) is 0 Å². The van der Waals surface area contributed by atoms with E-state index in [-0.39, 0.29) is 6.54 Å². The Bertz CT molecular complexity index is 581. The van der Waals surface area contributed by atoms with Crippen molar-refractivity contribution >= 4 is 11.7 Å². The van der Waals surface area contributed by atoms with Gasteiger partial charge < -0.3 is 16.6 Å². The van der Waals surface area contributed by atoms with Crippen molar-refractivity contribution in [1.29, 1.82) is 0 Å². The lowest BCUT2D eigenvalue weighted by Gasteiger charge is -2.28. The molecule has 0 radical (unpaired) electrons. The van der Waals surface area contributed by atoms with Crippen LogP contribution in [0.4, 0.5) is 5.69 Å². The summed E-state index contributed by atoms with van der Waals surface area (Å²) in [5, 5.41) is 9.69. The summed E-state index contributed by atoms with van der Waals surface area (Å²) in [4.78, 5) is 11.8. The van der Waals surface area contributed by atoms with Gasteiger partial charge in [-0.15, -0.1) is 0 Å². The van der Waals surface area contributed by atoms with Gasteiger partial charge in [0.05, 0.1) is 0 Å². The highest BCUT2D eigenvalue weighted by molar-refractivity contribution is 5.82. The SMILES string of the molecule is NCC(Cc1ccc(N)cc1)(C(=O)O)c1ccccc1. The van der Waals surface area contributed by atoms with E-state index in [1.165, 1.54) is 0 Å². The van der Waals surface area contributed by atoms with Crippen molar-refractivity contribution in [2.24, 2.45) is 5.73 Å². The molecule has 1 unspecified atom stereocenters. The number of carbonyl (C=O) groups is 1. The minimum absolute atomic E-state index is 0.0384. The average Bonchev–Trinajstić information content (AvgIpc) is 2.47. The molecule has 0 aliphatic heterocycles. The van der Waals surface area contributed by atoms with E-state index >= 15 is 0 Å². The highest BCUT2D eigenvalue weighted by atomic mass is 16.4. The smallest absolute Gasteiger partial charge is 0.315 e. The topological polar surface area (TPSA) is 89.3 Å². The Morgan fingerprint density at radius 3 is 2.15 bits per heavy atom. The van der Waals surface area contributed by atoms with Crippen LogP contribution in [-0.4, -0.2) is 17.6 Å². The molecular formula is C16H18N2O2. The summed E-state index contributed by atoms with van der Waals surface area (Å²) in [7, 11) is 0. The Morgan fingerprint density at radius 2 is 1.65 bits per heavy atom. The molecule has 0 saturated heterocycles. The summed E-state index contributed by atoms with van der Waals surface area (Å²) in [6.07, 6.45) is 0.336. The molecule has 2 aromatic rings. The third kappa shape index (κ3) is 2.65. The van der Waals surface area contributed by atoms with Crippen LogP contribution in [0.3, 0.4) is 0 Å². The van der Waals surface area contributed by atoms with Crippen LogP contribution >= 0.6 is 0 Å². The van der Waals surface area contributed by atoms with E-state index in [1.807, 2.05) is 30.3 Å². The van der Waals surface area contributed by atoms with Gasteiger partial charge in [-0.05, 0) is 29.7 Å². The summed E-state index contributed by atoms with van der Waals surface area (Å²) in [5.41, 5.74) is 12.6. The zero-order valence-corrected chi connectivity index (χ0v) is 11.1. The molecule has 2 rings (SSSR count). The second kappa shape index (κ2) is 5.75. The second-order valence-corrected chi connectivity index (χ2v) is 4.88. The second-order valence-electron chi connectivity index (χ2n) is 4.88. The quantitative estimate of drug-likeness (QED) is 0.723. The molecule has 0 amide bonds. The van der Waals surface area contributed by atoms with Gasteiger partial charge in [0.1, 0.15) is 5.41 Å². The molecule has 0 bridgehead atoms. The van der Waals surface area contributed by atoms with E-state index in [0.717, 1.165) is 5.56 Å². The monoisotopic (exact) mass is 270 g/mol. The number of hydrogen-bond donors (Lipinski definition) is 3. The molecule has 0 aliphatic rings. The van der Waals surface area contributed by atoms with Crippen LogP contribution in [0.15, 0.2) is 54.6 Å². The van der Waals surface area contributed by atoms with Crippen molar-refractivity contribution in [2.75, 3.05) is 12.3 Å². The molecule has 0 heterocycles. The van der Waals surface area contributed by atoms with Crippen LogP contribution in [0.5, 0.6) is 0 Å². The molecule has 4 heteroatoms. The minimum Gasteiger partial charge on any atom is -0.481 e. The fourth-order valence-electron chi connectivity index (χ4n) is 2.32. The predicted octanol–water partition coefficient (Wildman–Crippen LogP) is 1.79. The number of rotatable bonds is 5. The molecule has 104 valence electrons. The number of aliphatic carboxylic acids is 1. The third-order valence-corrected chi connectivity index (χ3v) is 3.57. The zero-order chi connectivity index (χ0) is 14.6. The normalized spacial score (nSPS) is 13.7. The number of nitrogens with two attached hydrogens (primary N) is 2. The van der Waals surface area contributed by atoms with Gasteiger partial charge in [-0.2, -0.15) is 0 Å². The lowest BCUT2D eigenvalue weighted by atomic mass is 9.75. The Labute approximate surface area is 118 Å². The van der Waals surface area contributed by atoms with Gasteiger partial charge >= 0.3 is 5.97 Å². The number of benzene rings is 2. The van der Waals surface area contributed by atoms with Crippen molar-refractivity contribution in [2.45, 2.75) is 11.8 Å². The number of anilines is 1. The fourth-order valence-corrected chi connectivity index (χ4v) is 2.32. The predicted molar refractivity (Wildman–Crippen MR) is 79.4 cm³/mol. The van der Waals surface area contributed by atoms with Gasteiger partial charge in [0, 0.05) is 12.2 Å². The lowest BCUT2D eigenvalue weighted by molar-refractivity contribution is -0.143. The van der Waals surface area contributed by atoms with Crippen molar-refractivity contribution in [3.05, 3.63) is 65.7 Å². The van der Waals surface area contributed by atoms with Crippen molar-refractivity contribution in [1.82, 2.24) is 0 Å². The van der Waals surface area contributed by atoms with Gasteiger partial charge in [-0.3, -0.25) is 4.79 Å². The summed E-state index contributed by atoms with van der Waals surface area (Å²) in [6.45, 7) is 0.0384. The van der Waals surface area contributed by atoms with Gasteiger partial charge in [0.15, 0.2) is 0 Å². The van der Waals surface area contributed by atoms with E-state index in [2.05, 4.69) is 0 Å². The molecule has 2 aromatic carbocycles. The summed E-state index contributed by atoms with van der Waals surface area (Å²) >= 11 is 0. The number of carboxylic acids is 1. The van der Waals surface area contributed by atoms with Gasteiger partial charge in [-0.1, -0.05) is 42.5 Å². The molecule has 20 heavy (non-hydrogen) atoms. The Balaban J connectivity index is 2.42. The van der Waals surface area contributed by atoms with Gasteiger partial charge in [-0.25, -0.2) is 0 Å². The fraction of sp³-hybridized carbons (Fsp3) is 0.188. The van der Waals surface area contributed by atoms with E-state index in [1.54, 1.807) is 24.3 Å². The highest BCUT2D eigenvalue weighted by Gasteiger charge is 2.39. The standard InChI is InChI=1S/C16H18N2O2/c17-11-16(15(19)20,13-4-2-1-3-5-13)10-12-6-8-14(18)9-7-12/h1-9H,10-11,17-18H2,(H,19,20). The molecule has 0 fully saturated rings. The first-order valence-corrected chi connectivity index (χ1v) is 6.42. The van der Waals surface area contributed by atoms with Gasteiger partial charge in [0.25, 0.3) is 0 Å². The third-order valence-electron chi connectivity index (χ3n) is 3.57. The maximum Gasteiger partial charge on any atom is 0.315 e. The summed E-state index contributed by atoms with van der Waals surface area (Å²) in [5.74, 6) is -0.914. The molecule has 0 spiro atoms. The maximum atomic E-state index is 11.8. The zero-order valence-electron chi connectivity index (χ0n) is 11.1. The number of nitrogen functional groups attached to an aromatic ring is 1. The van der Waals surface area contributed by atoms with E-state index in [4.69, 9.17) is 11.5 Å². The largest absolute Gasteiger partial charge is 0.481 e. The van der Waals surface area contributed by atoms with Crippen LogP contribution in [-0.2, 0) is 16.6 Å². The van der Waals surface area contributed by atoms with E-state index in [9.17, 15) is 9.90 Å². The summed E-state index contributed by atoms with van der Waals surface area (Å²) < 4.78 is 0. The Hall–Kier alpha value is -2.33. The van der Waals surface area contributed by atoms with Crippen molar-refractivity contribution < 1.29 is 9.90 Å². The molecule has 0 saturated carbocycles. The Kier molecular flexibility index (Phi) is 4.05. The average molecular weight is 270 g/mol. The van der Waals surface area contributed by atoms with E-state index in [0.29, 0.717) is 17.7 Å². The molecular weight excluding hydrogens is 252 g/mol.